The highest BCUT2D eigenvalue weighted by molar-refractivity contribution is 7.84. The van der Waals surface area contributed by atoms with Crippen molar-refractivity contribution in [2.45, 2.75) is 13.8 Å². The first-order valence-electron chi connectivity index (χ1n) is 5.54. The predicted octanol–water partition coefficient (Wildman–Crippen LogP) is 1.08. The van der Waals surface area contributed by atoms with E-state index >= 15 is 0 Å². The van der Waals surface area contributed by atoms with Crippen LogP contribution in [0.3, 0.4) is 0 Å². The summed E-state index contributed by atoms with van der Waals surface area (Å²) in [5.41, 5.74) is 7.82. The fourth-order valence-corrected chi connectivity index (χ4v) is 1.96. The summed E-state index contributed by atoms with van der Waals surface area (Å²) in [6.07, 6.45) is 0. The topological polar surface area (TPSA) is 72.2 Å². The Morgan fingerprint density at radius 3 is 2.76 bits per heavy atom. The Balaban J connectivity index is 2.52. The average molecular weight is 254 g/mol. The fourth-order valence-electron chi connectivity index (χ4n) is 1.34. The molecule has 1 rings (SSSR count). The van der Waals surface area contributed by atoms with Gasteiger partial charge in [0.05, 0.1) is 0 Å². The second-order valence-electron chi connectivity index (χ2n) is 3.76. The van der Waals surface area contributed by atoms with Gasteiger partial charge >= 0.3 is 0 Å². The minimum Gasteiger partial charge on any atom is -0.399 e. The molecule has 0 aliphatic rings. The van der Waals surface area contributed by atoms with Crippen molar-refractivity contribution in [2.75, 3.05) is 23.8 Å². The molecule has 3 N–H and O–H groups in total. The van der Waals surface area contributed by atoms with E-state index in [1.807, 2.05) is 13.8 Å². The molecular weight excluding hydrogens is 236 g/mol. The molecule has 1 unspecified atom stereocenters. The first-order valence-corrected chi connectivity index (χ1v) is 7.02. The van der Waals surface area contributed by atoms with Crippen molar-refractivity contribution in [1.82, 2.24) is 5.32 Å². The van der Waals surface area contributed by atoms with Crippen LogP contribution in [0.1, 0.15) is 22.8 Å². The van der Waals surface area contributed by atoms with Gasteiger partial charge in [0, 0.05) is 40.1 Å². The lowest BCUT2D eigenvalue weighted by atomic mass is 10.1. The molecule has 0 bridgehead atoms. The molecule has 0 saturated heterocycles. The second-order valence-corrected chi connectivity index (χ2v) is 5.63. The Labute approximate surface area is 104 Å². The number of amides is 1. The molecule has 0 aliphatic carbocycles. The summed E-state index contributed by atoms with van der Waals surface area (Å²) in [5.74, 6) is 0.966. The van der Waals surface area contributed by atoms with Gasteiger partial charge in [-0.1, -0.05) is 6.92 Å². The van der Waals surface area contributed by atoms with E-state index in [9.17, 15) is 9.00 Å². The summed E-state index contributed by atoms with van der Waals surface area (Å²) in [6.45, 7) is 4.15. The molecule has 0 radical (unpaired) electrons. The number of anilines is 1. The van der Waals surface area contributed by atoms with Crippen LogP contribution in [0.4, 0.5) is 5.69 Å². The van der Waals surface area contributed by atoms with Crippen LogP contribution in [0.15, 0.2) is 18.2 Å². The summed E-state index contributed by atoms with van der Waals surface area (Å²) in [7, 11) is -0.843. The van der Waals surface area contributed by atoms with Crippen molar-refractivity contribution in [3.05, 3.63) is 29.3 Å². The molecule has 5 heteroatoms. The average Bonchev–Trinajstić information content (AvgIpc) is 2.32. The maximum absolute atomic E-state index is 11.7. The minimum absolute atomic E-state index is 0.152. The number of benzene rings is 1. The lowest BCUT2D eigenvalue weighted by Gasteiger charge is -2.06. The highest BCUT2D eigenvalue weighted by Gasteiger charge is 2.06. The van der Waals surface area contributed by atoms with Gasteiger partial charge in [-0.25, -0.2) is 0 Å². The highest BCUT2D eigenvalue weighted by Crippen LogP contribution is 2.12. The molecule has 0 spiro atoms. The zero-order valence-corrected chi connectivity index (χ0v) is 11.0. The van der Waals surface area contributed by atoms with Crippen molar-refractivity contribution in [3.8, 4) is 0 Å². The summed E-state index contributed by atoms with van der Waals surface area (Å²) >= 11 is 0. The van der Waals surface area contributed by atoms with E-state index in [1.54, 1.807) is 18.2 Å². The van der Waals surface area contributed by atoms with Crippen molar-refractivity contribution < 1.29 is 9.00 Å². The van der Waals surface area contributed by atoms with E-state index in [0.29, 0.717) is 29.3 Å². The zero-order chi connectivity index (χ0) is 12.8. The molecule has 1 atom stereocenters. The van der Waals surface area contributed by atoms with Crippen molar-refractivity contribution in [1.29, 1.82) is 0 Å². The van der Waals surface area contributed by atoms with Gasteiger partial charge in [-0.15, -0.1) is 0 Å². The molecule has 0 heterocycles. The molecule has 1 amide bonds. The van der Waals surface area contributed by atoms with Crippen LogP contribution < -0.4 is 11.1 Å². The maximum Gasteiger partial charge on any atom is 0.251 e. The lowest BCUT2D eigenvalue weighted by molar-refractivity contribution is 0.0956. The lowest BCUT2D eigenvalue weighted by Crippen LogP contribution is -2.28. The number of aryl methyl sites for hydroxylation is 1. The first-order chi connectivity index (χ1) is 8.04. The molecule has 1 aromatic carbocycles. The molecular formula is C12H18N2O2S. The Kier molecular flexibility index (Phi) is 5.15. The van der Waals surface area contributed by atoms with Gasteiger partial charge in [-0.3, -0.25) is 9.00 Å². The van der Waals surface area contributed by atoms with Crippen LogP contribution in [0.2, 0.25) is 0 Å². The summed E-state index contributed by atoms with van der Waals surface area (Å²) in [4.78, 5) is 11.7. The predicted molar refractivity (Wildman–Crippen MR) is 71.5 cm³/mol. The van der Waals surface area contributed by atoms with Gasteiger partial charge in [-0.2, -0.15) is 0 Å². The van der Waals surface area contributed by atoms with Crippen LogP contribution in [0.5, 0.6) is 0 Å². The van der Waals surface area contributed by atoms with Gasteiger partial charge in [0.25, 0.3) is 5.91 Å². The van der Waals surface area contributed by atoms with Gasteiger partial charge in [0.2, 0.25) is 0 Å². The monoisotopic (exact) mass is 254 g/mol. The largest absolute Gasteiger partial charge is 0.399 e. The number of carbonyl (C=O) groups excluding carboxylic acids is 1. The normalized spacial score (nSPS) is 12.1. The first kappa shape index (κ1) is 13.7. The van der Waals surface area contributed by atoms with Gasteiger partial charge < -0.3 is 11.1 Å². The van der Waals surface area contributed by atoms with E-state index in [0.717, 1.165) is 5.56 Å². The van der Waals surface area contributed by atoms with Gasteiger partial charge in [0.1, 0.15) is 0 Å². The van der Waals surface area contributed by atoms with Crippen LogP contribution in [0, 0.1) is 6.92 Å². The number of nitrogens with one attached hydrogen (secondary N) is 1. The summed E-state index contributed by atoms with van der Waals surface area (Å²) in [6, 6.07) is 5.16. The third kappa shape index (κ3) is 4.19. The molecule has 0 saturated carbocycles. The fraction of sp³-hybridized carbons (Fsp3) is 0.417. The van der Waals surface area contributed by atoms with Crippen molar-refractivity contribution in [2.24, 2.45) is 0 Å². The van der Waals surface area contributed by atoms with Crippen LogP contribution >= 0.6 is 0 Å². The van der Waals surface area contributed by atoms with E-state index < -0.39 is 10.8 Å². The number of hydrogen-bond acceptors (Lipinski definition) is 3. The van der Waals surface area contributed by atoms with Gasteiger partial charge in [-0.05, 0) is 30.7 Å². The summed E-state index contributed by atoms with van der Waals surface area (Å²) in [5, 5.41) is 2.74. The molecule has 4 nitrogen and oxygen atoms in total. The summed E-state index contributed by atoms with van der Waals surface area (Å²) < 4.78 is 11.2. The van der Waals surface area contributed by atoms with Crippen molar-refractivity contribution in [3.63, 3.8) is 0 Å². The Morgan fingerprint density at radius 2 is 2.18 bits per heavy atom. The molecule has 17 heavy (non-hydrogen) atoms. The number of rotatable bonds is 5. The number of nitrogens with two attached hydrogens (primary N) is 1. The standard InChI is InChI=1S/C12H18N2O2S/c1-3-17(16)7-6-14-12(15)10-4-5-11(13)9(2)8-10/h4-5,8H,3,6-7,13H2,1-2H3,(H,14,15). The zero-order valence-electron chi connectivity index (χ0n) is 10.2. The number of carbonyl (C=O) groups is 1. The Bertz CT molecular complexity index is 433. The van der Waals surface area contributed by atoms with Crippen molar-refractivity contribution >= 4 is 22.4 Å². The van der Waals surface area contributed by atoms with Crippen LogP contribution in [-0.2, 0) is 10.8 Å². The third-order valence-electron chi connectivity index (χ3n) is 2.47. The molecule has 0 fully saturated rings. The number of nitrogen functional groups attached to an aromatic ring is 1. The smallest absolute Gasteiger partial charge is 0.251 e. The number of hydrogen-bond donors (Lipinski definition) is 2. The second kappa shape index (κ2) is 6.39. The molecule has 1 aromatic rings. The van der Waals surface area contributed by atoms with Gasteiger partial charge in [0.15, 0.2) is 0 Å². The third-order valence-corrected chi connectivity index (χ3v) is 3.77. The van der Waals surface area contributed by atoms with E-state index in [2.05, 4.69) is 5.32 Å². The van der Waals surface area contributed by atoms with Crippen LogP contribution in [0.25, 0.3) is 0 Å². The maximum atomic E-state index is 11.7. The Morgan fingerprint density at radius 1 is 1.47 bits per heavy atom. The molecule has 94 valence electrons. The molecule has 0 aromatic heterocycles. The van der Waals surface area contributed by atoms with E-state index in [1.165, 1.54) is 0 Å². The van der Waals surface area contributed by atoms with E-state index in [-0.39, 0.29) is 5.91 Å². The highest BCUT2D eigenvalue weighted by atomic mass is 32.2. The molecule has 0 aliphatic heterocycles. The minimum atomic E-state index is -0.843. The Hall–Kier alpha value is -1.36. The quantitative estimate of drug-likeness (QED) is 0.772. The SMILES string of the molecule is CCS(=O)CCNC(=O)c1ccc(N)c(C)c1. The van der Waals surface area contributed by atoms with Crippen LogP contribution in [-0.4, -0.2) is 28.2 Å². The van der Waals surface area contributed by atoms with E-state index in [4.69, 9.17) is 5.73 Å².